The van der Waals surface area contributed by atoms with Gasteiger partial charge in [-0.3, -0.25) is 19.8 Å². The van der Waals surface area contributed by atoms with Gasteiger partial charge in [0.1, 0.15) is 12.1 Å². The molecule has 0 aliphatic heterocycles. The summed E-state index contributed by atoms with van der Waals surface area (Å²) in [5.41, 5.74) is 1.97. The average Bonchev–Trinajstić information content (AvgIpc) is 2.34. The molecule has 0 aliphatic rings. The molecule has 0 aromatic rings. The van der Waals surface area contributed by atoms with Crippen molar-refractivity contribution in [3.63, 3.8) is 0 Å². The van der Waals surface area contributed by atoms with E-state index in [0.717, 1.165) is 0 Å². The maximum absolute atomic E-state index is 11.5. The lowest BCUT2D eigenvalue weighted by molar-refractivity contribution is -0.139. The van der Waals surface area contributed by atoms with Crippen LogP contribution >= 0.6 is 0 Å². The Hall–Kier alpha value is -2.30. The molecule has 1 amide bonds. The fourth-order valence-electron chi connectivity index (χ4n) is 1.05. The van der Waals surface area contributed by atoms with E-state index in [1.165, 1.54) is 6.07 Å². The summed E-state index contributed by atoms with van der Waals surface area (Å²) >= 11 is 0. The summed E-state index contributed by atoms with van der Waals surface area (Å²) in [6.07, 6.45) is 0.841. The quantitative estimate of drug-likeness (QED) is 0.247. The summed E-state index contributed by atoms with van der Waals surface area (Å²) in [5, 5.41) is 12.5. The highest BCUT2D eigenvalue weighted by Crippen LogP contribution is 1.98. The Balaban J connectivity index is 4.35. The van der Waals surface area contributed by atoms with E-state index in [2.05, 4.69) is 5.29 Å². The van der Waals surface area contributed by atoms with Gasteiger partial charge in [0, 0.05) is 0 Å². The first-order chi connectivity index (χ1) is 8.06. The monoisotopic (exact) mass is 240 g/mol. The molecule has 17 heavy (non-hydrogen) atoms. The fourth-order valence-corrected chi connectivity index (χ4v) is 1.05. The summed E-state index contributed by atoms with van der Waals surface area (Å²) in [4.78, 5) is 43.3. The third kappa shape index (κ3) is 5.36. The summed E-state index contributed by atoms with van der Waals surface area (Å²) in [6, 6.07) is 0.285. The van der Waals surface area contributed by atoms with Crippen molar-refractivity contribution in [1.82, 2.24) is 10.7 Å². The number of nitrogens with zero attached hydrogens (tertiary/aromatic N) is 2. The third-order valence-corrected chi connectivity index (χ3v) is 1.86. The van der Waals surface area contributed by atoms with Gasteiger partial charge in [-0.25, -0.2) is 0 Å². The lowest BCUT2D eigenvalue weighted by Gasteiger charge is -2.11. The molecular formula is C9H12N4O4. The van der Waals surface area contributed by atoms with Crippen molar-refractivity contribution < 1.29 is 14.4 Å². The van der Waals surface area contributed by atoms with Gasteiger partial charge in [0.15, 0.2) is 0 Å². The summed E-state index contributed by atoms with van der Waals surface area (Å²) in [7, 11) is 0. The molecule has 0 saturated carbocycles. The van der Waals surface area contributed by atoms with Crippen molar-refractivity contribution in [3.05, 3.63) is 4.91 Å². The van der Waals surface area contributed by atoms with Crippen molar-refractivity contribution in [1.29, 1.82) is 5.26 Å². The molecule has 0 rings (SSSR count). The van der Waals surface area contributed by atoms with Crippen LogP contribution in [0.25, 0.3) is 0 Å². The zero-order valence-corrected chi connectivity index (χ0v) is 9.23. The van der Waals surface area contributed by atoms with Crippen LogP contribution in [0.4, 0.5) is 0 Å². The van der Waals surface area contributed by atoms with Crippen LogP contribution in [0.15, 0.2) is 5.29 Å². The highest BCUT2D eigenvalue weighted by Gasteiger charge is 2.24. The van der Waals surface area contributed by atoms with Crippen molar-refractivity contribution in [2.75, 3.05) is 6.54 Å². The number of hydrogen-bond acceptors (Lipinski definition) is 6. The number of carbonyl (C=O) groups excluding carboxylic acids is 3. The normalized spacial score (nSPS) is 10.8. The van der Waals surface area contributed by atoms with Gasteiger partial charge in [0.05, 0.1) is 11.8 Å². The maximum atomic E-state index is 11.5. The summed E-state index contributed by atoms with van der Waals surface area (Å²) < 4.78 is 0. The molecular weight excluding hydrogens is 228 g/mol. The SMILES string of the molecule is CCCC(NN=O)C(=O)C(=O)NCC(=O)C#N. The predicted octanol–water partition coefficient (Wildman–Crippen LogP) is -0.796. The number of nitrogens with one attached hydrogen (secondary N) is 2. The van der Waals surface area contributed by atoms with E-state index in [9.17, 15) is 19.3 Å². The Labute approximate surface area is 97.3 Å². The molecule has 8 heteroatoms. The Morgan fingerprint density at radius 2 is 2.06 bits per heavy atom. The van der Waals surface area contributed by atoms with E-state index in [1.54, 1.807) is 6.92 Å². The van der Waals surface area contributed by atoms with Crippen LogP contribution in [-0.4, -0.2) is 30.1 Å². The Bertz CT molecular complexity index is 360. The average molecular weight is 240 g/mol. The van der Waals surface area contributed by atoms with Crippen LogP contribution in [0, 0.1) is 16.2 Å². The predicted molar refractivity (Wildman–Crippen MR) is 56.3 cm³/mol. The molecule has 0 fully saturated rings. The van der Waals surface area contributed by atoms with Crippen molar-refractivity contribution in [2.24, 2.45) is 5.29 Å². The van der Waals surface area contributed by atoms with Crippen LogP contribution in [0.1, 0.15) is 19.8 Å². The number of amides is 1. The third-order valence-electron chi connectivity index (χ3n) is 1.86. The largest absolute Gasteiger partial charge is 0.341 e. The van der Waals surface area contributed by atoms with E-state index in [0.29, 0.717) is 6.42 Å². The van der Waals surface area contributed by atoms with E-state index < -0.39 is 30.1 Å². The number of rotatable bonds is 8. The molecule has 0 aliphatic carbocycles. The lowest BCUT2D eigenvalue weighted by Crippen LogP contribution is -2.44. The molecule has 0 aromatic carbocycles. The van der Waals surface area contributed by atoms with Crippen molar-refractivity contribution in [2.45, 2.75) is 25.8 Å². The van der Waals surface area contributed by atoms with E-state index in [-0.39, 0.29) is 6.42 Å². The molecule has 92 valence electrons. The van der Waals surface area contributed by atoms with Gasteiger partial charge in [-0.15, -0.1) is 4.91 Å². The zero-order valence-electron chi connectivity index (χ0n) is 9.23. The van der Waals surface area contributed by atoms with Gasteiger partial charge < -0.3 is 5.32 Å². The molecule has 1 unspecified atom stereocenters. The van der Waals surface area contributed by atoms with Crippen molar-refractivity contribution in [3.8, 4) is 6.07 Å². The van der Waals surface area contributed by atoms with Crippen LogP contribution in [0.5, 0.6) is 0 Å². The van der Waals surface area contributed by atoms with Crippen LogP contribution < -0.4 is 10.7 Å². The number of Topliss-reactive ketones (excluding diaryl/α,β-unsaturated/α-hetero) is 2. The number of nitriles is 1. The number of hydrogen-bond donors (Lipinski definition) is 2. The van der Waals surface area contributed by atoms with Crippen LogP contribution in [-0.2, 0) is 14.4 Å². The fraction of sp³-hybridized carbons (Fsp3) is 0.556. The molecule has 0 spiro atoms. The number of ketones is 2. The number of carbonyl (C=O) groups is 3. The molecule has 0 heterocycles. The Kier molecular flexibility index (Phi) is 6.85. The Morgan fingerprint density at radius 3 is 2.53 bits per heavy atom. The summed E-state index contributed by atoms with van der Waals surface area (Å²) in [5.74, 6) is -2.78. The minimum atomic E-state index is -1.02. The van der Waals surface area contributed by atoms with Gasteiger partial charge in [-0.1, -0.05) is 13.3 Å². The second kappa shape index (κ2) is 7.92. The zero-order chi connectivity index (χ0) is 13.3. The second-order valence-corrected chi connectivity index (χ2v) is 3.14. The van der Waals surface area contributed by atoms with Gasteiger partial charge in [0.25, 0.3) is 11.7 Å². The second-order valence-electron chi connectivity index (χ2n) is 3.14. The van der Waals surface area contributed by atoms with Crippen LogP contribution in [0.2, 0.25) is 0 Å². The molecule has 0 bridgehead atoms. The maximum Gasteiger partial charge on any atom is 0.290 e. The first-order valence-corrected chi connectivity index (χ1v) is 4.89. The summed E-state index contributed by atoms with van der Waals surface area (Å²) in [6.45, 7) is 1.23. The molecule has 2 N–H and O–H groups in total. The topological polar surface area (TPSA) is 128 Å². The van der Waals surface area contributed by atoms with Crippen LogP contribution in [0.3, 0.4) is 0 Å². The van der Waals surface area contributed by atoms with E-state index in [1.807, 2.05) is 10.7 Å². The van der Waals surface area contributed by atoms with Gasteiger partial charge in [0.2, 0.25) is 5.78 Å². The minimum absolute atomic E-state index is 0.268. The smallest absolute Gasteiger partial charge is 0.290 e. The van der Waals surface area contributed by atoms with Gasteiger partial charge in [-0.2, -0.15) is 5.26 Å². The van der Waals surface area contributed by atoms with Crippen molar-refractivity contribution >= 4 is 17.5 Å². The van der Waals surface area contributed by atoms with E-state index in [4.69, 9.17) is 5.26 Å². The molecule has 0 aromatic heterocycles. The van der Waals surface area contributed by atoms with Gasteiger partial charge in [-0.05, 0) is 6.42 Å². The standard InChI is InChI=1S/C9H12N4O4/c1-2-3-7(12-13-17)8(15)9(16)11-5-6(14)4-10/h7H,2-3,5H2,1H3,(H,11,16)(H,12,17). The molecule has 8 nitrogen and oxygen atoms in total. The Morgan fingerprint density at radius 1 is 1.41 bits per heavy atom. The lowest BCUT2D eigenvalue weighted by atomic mass is 10.1. The number of nitroso groups, excluding NO2 is 1. The van der Waals surface area contributed by atoms with E-state index >= 15 is 0 Å². The van der Waals surface area contributed by atoms with Gasteiger partial charge >= 0.3 is 0 Å². The molecule has 0 saturated heterocycles. The molecule has 0 radical (unpaired) electrons. The first kappa shape index (κ1) is 14.7. The minimum Gasteiger partial charge on any atom is -0.341 e. The highest BCUT2D eigenvalue weighted by atomic mass is 16.3. The molecule has 1 atom stereocenters. The highest BCUT2D eigenvalue weighted by molar-refractivity contribution is 6.38. The first-order valence-electron chi connectivity index (χ1n) is 4.89.